The number of nitrogens with one attached hydrogen (secondary N) is 1. The first-order valence-corrected chi connectivity index (χ1v) is 8.24. The van der Waals surface area contributed by atoms with Gasteiger partial charge in [0.05, 0.1) is 23.5 Å². The Morgan fingerprint density at radius 3 is 2.80 bits per heavy atom. The normalized spacial score (nSPS) is 14.0. The SMILES string of the molecule is O=c1cc2c(n[nH]1)CN(c1nc(-c3ccccc3C(F)(F)F)cs1)C2. The van der Waals surface area contributed by atoms with Gasteiger partial charge in [-0.05, 0) is 6.07 Å². The average molecular weight is 364 g/mol. The number of hydrogen-bond acceptors (Lipinski definition) is 5. The highest BCUT2D eigenvalue weighted by atomic mass is 32.1. The summed E-state index contributed by atoms with van der Waals surface area (Å²) < 4.78 is 39.5. The highest BCUT2D eigenvalue weighted by Crippen LogP contribution is 2.39. The minimum absolute atomic E-state index is 0.0579. The van der Waals surface area contributed by atoms with E-state index in [9.17, 15) is 18.0 Å². The van der Waals surface area contributed by atoms with Crippen molar-refractivity contribution in [3.63, 3.8) is 0 Å². The number of aromatic nitrogens is 3. The average Bonchev–Trinajstić information content (AvgIpc) is 3.20. The van der Waals surface area contributed by atoms with Crippen LogP contribution < -0.4 is 10.5 Å². The molecule has 128 valence electrons. The third-order valence-electron chi connectivity index (χ3n) is 3.95. The second kappa shape index (κ2) is 5.69. The molecule has 0 fully saturated rings. The number of hydrogen-bond donors (Lipinski definition) is 1. The Balaban J connectivity index is 1.66. The van der Waals surface area contributed by atoms with Gasteiger partial charge < -0.3 is 4.90 Å². The van der Waals surface area contributed by atoms with Gasteiger partial charge in [-0.25, -0.2) is 10.1 Å². The summed E-state index contributed by atoms with van der Waals surface area (Å²) in [4.78, 5) is 17.6. The maximum Gasteiger partial charge on any atom is 0.417 e. The van der Waals surface area contributed by atoms with E-state index in [0.717, 1.165) is 17.3 Å². The van der Waals surface area contributed by atoms with E-state index in [4.69, 9.17) is 0 Å². The van der Waals surface area contributed by atoms with Crippen LogP contribution in [0.15, 0.2) is 40.5 Å². The molecule has 2 aromatic heterocycles. The van der Waals surface area contributed by atoms with Gasteiger partial charge in [0.15, 0.2) is 5.13 Å². The molecule has 0 unspecified atom stereocenters. The first kappa shape index (κ1) is 15.8. The fraction of sp³-hybridized carbons (Fsp3) is 0.188. The van der Waals surface area contributed by atoms with Crippen LogP contribution in [0.1, 0.15) is 16.8 Å². The van der Waals surface area contributed by atoms with Crippen LogP contribution in [0.4, 0.5) is 18.3 Å². The molecule has 0 atom stereocenters. The van der Waals surface area contributed by atoms with Crippen molar-refractivity contribution in [2.45, 2.75) is 19.3 Å². The molecule has 5 nitrogen and oxygen atoms in total. The lowest BCUT2D eigenvalue weighted by atomic mass is 10.1. The van der Waals surface area contributed by atoms with Gasteiger partial charge in [0, 0.05) is 29.1 Å². The van der Waals surface area contributed by atoms with E-state index >= 15 is 0 Å². The monoisotopic (exact) mass is 364 g/mol. The summed E-state index contributed by atoms with van der Waals surface area (Å²) in [7, 11) is 0. The molecule has 0 saturated carbocycles. The van der Waals surface area contributed by atoms with Gasteiger partial charge in [-0.3, -0.25) is 4.79 Å². The zero-order valence-electron chi connectivity index (χ0n) is 12.7. The van der Waals surface area contributed by atoms with E-state index in [1.165, 1.54) is 29.5 Å². The van der Waals surface area contributed by atoms with Crippen LogP contribution in [0.25, 0.3) is 11.3 Å². The van der Waals surface area contributed by atoms with Crippen molar-refractivity contribution in [2.75, 3.05) is 4.90 Å². The molecule has 0 aliphatic carbocycles. The number of nitrogens with zero attached hydrogens (tertiary/aromatic N) is 3. The van der Waals surface area contributed by atoms with Crippen molar-refractivity contribution in [3.8, 4) is 11.3 Å². The summed E-state index contributed by atoms with van der Waals surface area (Å²) in [6.45, 7) is 0.917. The van der Waals surface area contributed by atoms with Crippen molar-refractivity contribution >= 4 is 16.5 Å². The highest BCUT2D eigenvalue weighted by molar-refractivity contribution is 7.14. The molecular formula is C16H11F3N4OS. The van der Waals surface area contributed by atoms with Crippen LogP contribution in [0.2, 0.25) is 0 Å². The molecule has 0 bridgehead atoms. The van der Waals surface area contributed by atoms with Crippen LogP contribution in [0.3, 0.4) is 0 Å². The molecule has 1 aliphatic rings. The lowest BCUT2D eigenvalue weighted by Crippen LogP contribution is -2.14. The molecule has 25 heavy (non-hydrogen) atoms. The number of anilines is 1. The number of rotatable bonds is 2. The van der Waals surface area contributed by atoms with Crippen molar-refractivity contribution in [2.24, 2.45) is 0 Å². The summed E-state index contributed by atoms with van der Waals surface area (Å²) in [6.07, 6.45) is -4.44. The molecule has 1 aliphatic heterocycles. The van der Waals surface area contributed by atoms with Gasteiger partial charge in [0.1, 0.15) is 0 Å². The van der Waals surface area contributed by atoms with E-state index in [0.29, 0.717) is 18.2 Å². The summed E-state index contributed by atoms with van der Waals surface area (Å²) in [6, 6.07) is 6.87. The fourth-order valence-corrected chi connectivity index (χ4v) is 3.63. The van der Waals surface area contributed by atoms with Crippen LogP contribution in [0, 0.1) is 0 Å². The number of aromatic amines is 1. The maximum atomic E-state index is 13.2. The number of halogens is 3. The largest absolute Gasteiger partial charge is 0.417 e. The lowest BCUT2D eigenvalue weighted by molar-refractivity contribution is -0.137. The summed E-state index contributed by atoms with van der Waals surface area (Å²) in [5.41, 5.74) is 0.905. The highest BCUT2D eigenvalue weighted by Gasteiger charge is 2.34. The molecule has 1 aromatic carbocycles. The van der Waals surface area contributed by atoms with Gasteiger partial charge in [-0.2, -0.15) is 18.3 Å². The minimum Gasteiger partial charge on any atom is -0.338 e. The predicted octanol–water partition coefficient (Wildman–Crippen LogP) is 3.43. The molecule has 3 aromatic rings. The Labute approximate surface area is 143 Å². The van der Waals surface area contributed by atoms with Crippen LogP contribution in [-0.4, -0.2) is 15.2 Å². The number of benzene rings is 1. The van der Waals surface area contributed by atoms with E-state index in [2.05, 4.69) is 15.2 Å². The number of thiazole rings is 1. The van der Waals surface area contributed by atoms with E-state index < -0.39 is 11.7 Å². The molecule has 1 N–H and O–H groups in total. The molecule has 3 heterocycles. The van der Waals surface area contributed by atoms with Crippen LogP contribution in [0.5, 0.6) is 0 Å². The van der Waals surface area contributed by atoms with Gasteiger partial charge in [-0.1, -0.05) is 18.2 Å². The molecule has 0 radical (unpaired) electrons. The Kier molecular flexibility index (Phi) is 3.60. The fourth-order valence-electron chi connectivity index (χ4n) is 2.81. The Morgan fingerprint density at radius 1 is 1.20 bits per heavy atom. The maximum absolute atomic E-state index is 13.2. The second-order valence-electron chi connectivity index (χ2n) is 5.62. The van der Waals surface area contributed by atoms with Gasteiger partial charge in [0.25, 0.3) is 5.56 Å². The summed E-state index contributed by atoms with van der Waals surface area (Å²) in [5.74, 6) is 0. The third-order valence-corrected chi connectivity index (χ3v) is 4.85. The van der Waals surface area contributed by atoms with Crippen LogP contribution in [-0.2, 0) is 19.3 Å². The lowest BCUT2D eigenvalue weighted by Gasteiger charge is -2.13. The molecular weight excluding hydrogens is 353 g/mol. The first-order chi connectivity index (χ1) is 11.9. The zero-order chi connectivity index (χ0) is 17.6. The Bertz CT molecular complexity index is 995. The molecule has 4 rings (SSSR count). The van der Waals surface area contributed by atoms with Gasteiger partial charge in [-0.15, -0.1) is 11.3 Å². The van der Waals surface area contributed by atoms with E-state index in [-0.39, 0.29) is 16.8 Å². The minimum atomic E-state index is -4.44. The Morgan fingerprint density at radius 2 is 2.00 bits per heavy atom. The summed E-state index contributed by atoms with van der Waals surface area (Å²) in [5, 5.41) is 8.59. The van der Waals surface area contributed by atoms with Crippen molar-refractivity contribution < 1.29 is 13.2 Å². The quantitative estimate of drug-likeness (QED) is 0.757. The number of H-pyrrole nitrogens is 1. The molecule has 0 spiro atoms. The van der Waals surface area contributed by atoms with Crippen molar-refractivity contribution in [1.29, 1.82) is 0 Å². The zero-order valence-corrected chi connectivity index (χ0v) is 13.5. The van der Waals surface area contributed by atoms with E-state index in [1.54, 1.807) is 11.4 Å². The third kappa shape index (κ3) is 2.91. The Hall–Kier alpha value is -2.68. The smallest absolute Gasteiger partial charge is 0.338 e. The van der Waals surface area contributed by atoms with Crippen molar-refractivity contribution in [3.05, 3.63) is 62.9 Å². The standard InChI is InChI=1S/C16H11F3N4OS/c17-16(18,19)11-4-2-1-3-10(11)13-8-25-15(20-13)23-6-9-5-14(24)22-21-12(9)7-23/h1-5,8H,6-7H2,(H,22,24). The van der Waals surface area contributed by atoms with Gasteiger partial charge >= 0.3 is 6.18 Å². The molecule has 0 saturated heterocycles. The topological polar surface area (TPSA) is 61.9 Å². The molecule has 0 amide bonds. The van der Waals surface area contributed by atoms with Crippen molar-refractivity contribution in [1.82, 2.24) is 15.2 Å². The predicted molar refractivity (Wildman–Crippen MR) is 87.3 cm³/mol. The number of alkyl halides is 3. The van der Waals surface area contributed by atoms with E-state index in [1.807, 2.05) is 4.90 Å². The molecule has 9 heteroatoms. The number of fused-ring (bicyclic) bond motifs is 1. The second-order valence-corrected chi connectivity index (χ2v) is 6.46. The first-order valence-electron chi connectivity index (χ1n) is 7.36. The van der Waals surface area contributed by atoms with Gasteiger partial charge in [0.2, 0.25) is 0 Å². The van der Waals surface area contributed by atoms with Crippen LogP contribution >= 0.6 is 11.3 Å². The summed E-state index contributed by atoms with van der Waals surface area (Å²) >= 11 is 1.27.